The molecule has 1 N–H and O–H groups in total. The van der Waals surface area contributed by atoms with E-state index >= 15 is 0 Å². The fraction of sp³-hybridized carbons (Fsp3) is 0.222. The molecule has 0 aliphatic carbocycles. The van der Waals surface area contributed by atoms with Gasteiger partial charge in [-0.05, 0) is 47.5 Å². The van der Waals surface area contributed by atoms with E-state index in [9.17, 15) is 4.79 Å². The van der Waals surface area contributed by atoms with Crippen molar-refractivity contribution in [2.45, 2.75) is 26.9 Å². The molecule has 0 atom stereocenters. The summed E-state index contributed by atoms with van der Waals surface area (Å²) in [6.45, 7) is 5.18. The minimum absolute atomic E-state index is 0.115. The Labute approximate surface area is 140 Å². The lowest BCUT2D eigenvalue weighted by Gasteiger charge is -2.09. The molecule has 3 aromatic rings. The van der Waals surface area contributed by atoms with Crippen LogP contribution >= 0.6 is 0 Å². The predicted octanol–water partition coefficient (Wildman–Crippen LogP) is 2.60. The smallest absolute Gasteiger partial charge is 0.251 e. The molecule has 1 amide bonds. The number of benzene rings is 2. The summed E-state index contributed by atoms with van der Waals surface area (Å²) in [4.78, 5) is 12.4. The van der Waals surface area contributed by atoms with Gasteiger partial charge < -0.3 is 5.32 Å². The number of nitrogens with one attached hydrogen (secondary N) is 1. The van der Waals surface area contributed by atoms with Crippen molar-refractivity contribution in [1.82, 2.24) is 25.5 Å². The lowest BCUT2D eigenvalue weighted by molar-refractivity contribution is 0.0951. The third-order valence-electron chi connectivity index (χ3n) is 3.92. The molecule has 6 nitrogen and oxygen atoms in total. The molecule has 0 radical (unpaired) electrons. The van der Waals surface area contributed by atoms with Crippen molar-refractivity contribution in [3.8, 4) is 11.4 Å². The van der Waals surface area contributed by atoms with Crippen LogP contribution in [-0.4, -0.2) is 26.1 Å². The molecule has 2 aromatic carbocycles. The maximum atomic E-state index is 12.4. The van der Waals surface area contributed by atoms with Gasteiger partial charge in [0.25, 0.3) is 5.91 Å². The molecule has 0 unspecified atom stereocenters. The number of amides is 1. The maximum absolute atomic E-state index is 12.4. The third-order valence-corrected chi connectivity index (χ3v) is 3.92. The first kappa shape index (κ1) is 15.9. The molecule has 0 saturated carbocycles. The van der Waals surface area contributed by atoms with E-state index in [-0.39, 0.29) is 5.91 Å². The molecule has 1 aromatic heterocycles. The third kappa shape index (κ3) is 3.32. The number of nitrogens with zero attached hydrogens (tertiary/aromatic N) is 4. The minimum atomic E-state index is -0.115. The zero-order chi connectivity index (χ0) is 16.9. The van der Waals surface area contributed by atoms with Gasteiger partial charge in [0.1, 0.15) is 0 Å². The van der Waals surface area contributed by atoms with Gasteiger partial charge in [0.2, 0.25) is 0 Å². The second-order valence-electron chi connectivity index (χ2n) is 5.51. The average molecular weight is 321 g/mol. The van der Waals surface area contributed by atoms with Gasteiger partial charge in [-0.15, -0.1) is 5.10 Å². The summed E-state index contributed by atoms with van der Waals surface area (Å²) in [6.07, 6.45) is 0. The normalized spacial score (nSPS) is 10.6. The number of carbonyl (C=O) groups excluding carboxylic acids is 1. The summed E-state index contributed by atoms with van der Waals surface area (Å²) >= 11 is 0. The summed E-state index contributed by atoms with van der Waals surface area (Å²) in [5.74, 6) is 0.543. The second kappa shape index (κ2) is 7.04. The van der Waals surface area contributed by atoms with E-state index in [2.05, 4.69) is 20.8 Å². The van der Waals surface area contributed by atoms with E-state index in [0.29, 0.717) is 24.5 Å². The van der Waals surface area contributed by atoms with E-state index < -0.39 is 0 Å². The summed E-state index contributed by atoms with van der Waals surface area (Å²) in [5, 5.41) is 14.6. The molecule has 6 heteroatoms. The molecule has 122 valence electrons. The molecule has 0 saturated heterocycles. The van der Waals surface area contributed by atoms with Gasteiger partial charge in [0.15, 0.2) is 5.82 Å². The van der Waals surface area contributed by atoms with Crippen LogP contribution in [0.25, 0.3) is 11.4 Å². The highest BCUT2D eigenvalue weighted by molar-refractivity contribution is 5.95. The summed E-state index contributed by atoms with van der Waals surface area (Å²) in [7, 11) is 0. The van der Waals surface area contributed by atoms with Crippen LogP contribution in [0.15, 0.2) is 48.5 Å². The topological polar surface area (TPSA) is 72.7 Å². The van der Waals surface area contributed by atoms with Crippen LogP contribution in [0.1, 0.15) is 28.4 Å². The van der Waals surface area contributed by atoms with Gasteiger partial charge in [0, 0.05) is 24.2 Å². The van der Waals surface area contributed by atoms with E-state index in [1.54, 1.807) is 10.7 Å². The van der Waals surface area contributed by atoms with Gasteiger partial charge in [-0.3, -0.25) is 4.79 Å². The van der Waals surface area contributed by atoms with Crippen molar-refractivity contribution in [2.24, 2.45) is 0 Å². The Morgan fingerprint density at radius 3 is 2.79 bits per heavy atom. The zero-order valence-corrected chi connectivity index (χ0v) is 13.7. The zero-order valence-electron chi connectivity index (χ0n) is 13.7. The molecule has 0 bridgehead atoms. The van der Waals surface area contributed by atoms with Gasteiger partial charge >= 0.3 is 0 Å². The highest BCUT2D eigenvalue weighted by Gasteiger charge is 2.11. The highest BCUT2D eigenvalue weighted by Crippen LogP contribution is 2.17. The molecule has 0 aliphatic heterocycles. The lowest BCUT2D eigenvalue weighted by atomic mass is 10.1. The van der Waals surface area contributed by atoms with Crippen molar-refractivity contribution in [2.75, 3.05) is 0 Å². The van der Waals surface area contributed by atoms with E-state index in [1.807, 2.05) is 56.3 Å². The second-order valence-corrected chi connectivity index (χ2v) is 5.51. The minimum Gasteiger partial charge on any atom is -0.348 e. The van der Waals surface area contributed by atoms with E-state index in [4.69, 9.17) is 0 Å². The van der Waals surface area contributed by atoms with Crippen molar-refractivity contribution in [3.05, 3.63) is 65.2 Å². The molecule has 1 heterocycles. The number of rotatable bonds is 5. The number of hydrogen-bond acceptors (Lipinski definition) is 4. The fourth-order valence-electron chi connectivity index (χ4n) is 2.51. The Morgan fingerprint density at radius 1 is 1.17 bits per heavy atom. The van der Waals surface area contributed by atoms with Crippen molar-refractivity contribution in [3.63, 3.8) is 0 Å². The summed E-state index contributed by atoms with van der Waals surface area (Å²) in [5.41, 5.74) is 3.68. The molecule has 0 spiro atoms. The van der Waals surface area contributed by atoms with Crippen LogP contribution in [0.2, 0.25) is 0 Å². The first-order valence-corrected chi connectivity index (χ1v) is 7.88. The molecule has 24 heavy (non-hydrogen) atoms. The number of aromatic nitrogens is 4. The SMILES string of the molecule is CCn1nnnc1-c1cccc(C(=O)NCc2ccccc2C)c1. The van der Waals surface area contributed by atoms with Crippen molar-refractivity contribution >= 4 is 5.91 Å². The van der Waals surface area contributed by atoms with E-state index in [0.717, 1.165) is 16.7 Å². The van der Waals surface area contributed by atoms with E-state index in [1.165, 1.54) is 0 Å². The Hall–Kier alpha value is -3.02. The van der Waals surface area contributed by atoms with Crippen LogP contribution in [0.3, 0.4) is 0 Å². The number of aryl methyl sites for hydroxylation is 2. The molecular formula is C18H19N5O. The Bertz CT molecular complexity index is 856. The van der Waals surface area contributed by atoms with Crippen LogP contribution in [0.4, 0.5) is 0 Å². The average Bonchev–Trinajstić information content (AvgIpc) is 3.09. The fourth-order valence-corrected chi connectivity index (χ4v) is 2.51. The van der Waals surface area contributed by atoms with Crippen LogP contribution in [0.5, 0.6) is 0 Å². The molecule has 3 rings (SSSR count). The highest BCUT2D eigenvalue weighted by atomic mass is 16.1. The molecular weight excluding hydrogens is 302 g/mol. The van der Waals surface area contributed by atoms with Crippen LogP contribution in [-0.2, 0) is 13.1 Å². The standard InChI is InChI=1S/C18H19N5O/c1-3-23-17(20-21-22-23)14-9-6-10-15(11-14)18(24)19-12-16-8-5-4-7-13(16)2/h4-11H,3,12H2,1-2H3,(H,19,24). The Kier molecular flexibility index (Phi) is 4.65. The Morgan fingerprint density at radius 2 is 2.00 bits per heavy atom. The molecule has 0 aliphatic rings. The predicted molar refractivity (Wildman–Crippen MR) is 91.3 cm³/mol. The number of carbonyl (C=O) groups is 1. The first-order valence-electron chi connectivity index (χ1n) is 7.88. The van der Waals surface area contributed by atoms with Gasteiger partial charge in [-0.2, -0.15) is 0 Å². The van der Waals surface area contributed by atoms with Crippen LogP contribution in [0, 0.1) is 6.92 Å². The number of tetrazole rings is 1. The van der Waals surface area contributed by atoms with Crippen molar-refractivity contribution in [1.29, 1.82) is 0 Å². The quantitative estimate of drug-likeness (QED) is 0.784. The number of hydrogen-bond donors (Lipinski definition) is 1. The maximum Gasteiger partial charge on any atom is 0.251 e. The molecule has 0 fully saturated rings. The van der Waals surface area contributed by atoms with Gasteiger partial charge in [0.05, 0.1) is 0 Å². The largest absolute Gasteiger partial charge is 0.348 e. The monoisotopic (exact) mass is 321 g/mol. The lowest BCUT2D eigenvalue weighted by Crippen LogP contribution is -2.23. The van der Waals surface area contributed by atoms with Crippen molar-refractivity contribution < 1.29 is 4.79 Å². The summed E-state index contributed by atoms with van der Waals surface area (Å²) in [6, 6.07) is 15.3. The van der Waals surface area contributed by atoms with Crippen LogP contribution < -0.4 is 5.32 Å². The van der Waals surface area contributed by atoms with Gasteiger partial charge in [-0.25, -0.2) is 4.68 Å². The Balaban J connectivity index is 1.76. The van der Waals surface area contributed by atoms with Gasteiger partial charge in [-0.1, -0.05) is 36.4 Å². The summed E-state index contributed by atoms with van der Waals surface area (Å²) < 4.78 is 1.70. The first-order chi connectivity index (χ1) is 11.7.